The summed E-state index contributed by atoms with van der Waals surface area (Å²) in [7, 11) is 0. The van der Waals surface area contributed by atoms with Gasteiger partial charge >= 0.3 is 6.18 Å². The van der Waals surface area contributed by atoms with Crippen LogP contribution in [0.25, 0.3) is 11.0 Å². The Bertz CT molecular complexity index is 989. The molecule has 1 fully saturated rings. The van der Waals surface area contributed by atoms with Crippen LogP contribution >= 0.6 is 0 Å². The molecule has 152 valence electrons. The Balaban J connectivity index is 1.42. The molecule has 0 spiro atoms. The highest BCUT2D eigenvalue weighted by Crippen LogP contribution is 2.33. The van der Waals surface area contributed by atoms with E-state index in [2.05, 4.69) is 9.88 Å². The normalized spacial score (nSPS) is 16.4. The van der Waals surface area contributed by atoms with E-state index in [4.69, 9.17) is 0 Å². The lowest BCUT2D eigenvalue weighted by Crippen LogP contribution is -2.38. The molecule has 3 aromatic rings. The van der Waals surface area contributed by atoms with Crippen LogP contribution in [-0.2, 0) is 12.7 Å². The molecule has 4 nitrogen and oxygen atoms in total. The summed E-state index contributed by atoms with van der Waals surface area (Å²) in [6, 6.07) is 15.9. The zero-order valence-electron chi connectivity index (χ0n) is 15.9. The molecule has 2 heterocycles. The predicted molar refractivity (Wildman–Crippen MR) is 105 cm³/mol. The van der Waals surface area contributed by atoms with Crippen molar-refractivity contribution in [3.05, 3.63) is 66.0 Å². The van der Waals surface area contributed by atoms with Crippen molar-refractivity contribution in [1.29, 1.82) is 0 Å². The number of aromatic nitrogens is 2. The summed E-state index contributed by atoms with van der Waals surface area (Å²) in [5, 5.41) is 0. The van der Waals surface area contributed by atoms with E-state index in [1.807, 2.05) is 18.2 Å². The van der Waals surface area contributed by atoms with Gasteiger partial charge in [0.05, 0.1) is 17.6 Å². The summed E-state index contributed by atoms with van der Waals surface area (Å²) in [5.74, 6) is -0.638. The van der Waals surface area contributed by atoms with Crippen molar-refractivity contribution in [3.8, 4) is 0 Å². The Labute approximate surface area is 167 Å². The molecule has 0 bridgehead atoms. The first-order valence-electron chi connectivity index (χ1n) is 9.75. The van der Waals surface area contributed by atoms with Gasteiger partial charge in [-0.1, -0.05) is 42.5 Å². The van der Waals surface area contributed by atoms with Crippen LogP contribution in [0.3, 0.4) is 0 Å². The van der Waals surface area contributed by atoms with Crippen LogP contribution in [0.15, 0.2) is 54.6 Å². The number of hydrogen-bond donors (Lipinski definition) is 0. The number of ketones is 1. The van der Waals surface area contributed by atoms with Crippen LogP contribution in [0.1, 0.15) is 29.0 Å². The lowest BCUT2D eigenvalue weighted by Gasteiger charge is -2.32. The molecule has 2 aromatic carbocycles. The zero-order valence-corrected chi connectivity index (χ0v) is 15.9. The van der Waals surface area contributed by atoms with Gasteiger partial charge < -0.3 is 4.57 Å². The Morgan fingerprint density at radius 1 is 1.00 bits per heavy atom. The molecular formula is C22H22F3N3O. The average molecular weight is 401 g/mol. The van der Waals surface area contributed by atoms with Crippen LogP contribution in [0.2, 0.25) is 0 Å². The Morgan fingerprint density at radius 3 is 2.34 bits per heavy atom. The quantitative estimate of drug-likeness (QED) is 0.584. The molecule has 1 saturated heterocycles. The van der Waals surface area contributed by atoms with Gasteiger partial charge in [0.15, 0.2) is 5.78 Å². The minimum absolute atomic E-state index is 0.0732. The molecule has 29 heavy (non-hydrogen) atoms. The second-order valence-corrected chi connectivity index (χ2v) is 7.54. The van der Waals surface area contributed by atoms with Crippen LogP contribution in [0.5, 0.6) is 0 Å². The lowest BCUT2D eigenvalue weighted by molar-refractivity contribution is -0.147. The third-order valence-corrected chi connectivity index (χ3v) is 5.52. The number of halogens is 3. The van der Waals surface area contributed by atoms with Crippen molar-refractivity contribution < 1.29 is 18.0 Å². The molecular weight excluding hydrogens is 379 g/mol. The maximum absolute atomic E-state index is 13.5. The molecule has 4 rings (SSSR count). The molecule has 1 aromatic heterocycles. The van der Waals surface area contributed by atoms with E-state index in [1.165, 1.54) is 4.57 Å². The average Bonchev–Trinajstić information content (AvgIpc) is 3.09. The van der Waals surface area contributed by atoms with Crippen molar-refractivity contribution in [2.75, 3.05) is 19.6 Å². The number of piperidine rings is 1. The molecule has 7 heteroatoms. The number of rotatable bonds is 5. The molecule has 0 N–H and O–H groups in total. The smallest absolute Gasteiger partial charge is 0.320 e. The number of hydrogen-bond acceptors (Lipinski definition) is 3. The first-order valence-corrected chi connectivity index (χ1v) is 9.75. The number of carbonyl (C=O) groups excluding carboxylic acids is 1. The van der Waals surface area contributed by atoms with Crippen LogP contribution in [-0.4, -0.2) is 39.9 Å². The number of likely N-dealkylation sites (tertiary alicyclic amines) is 1. The van der Waals surface area contributed by atoms with Crippen molar-refractivity contribution >= 4 is 16.8 Å². The van der Waals surface area contributed by atoms with Crippen LogP contribution < -0.4 is 0 Å². The summed E-state index contributed by atoms with van der Waals surface area (Å²) in [6.45, 7) is 2.04. The predicted octanol–water partition coefficient (Wildman–Crippen LogP) is 4.65. The van der Waals surface area contributed by atoms with E-state index in [9.17, 15) is 18.0 Å². The summed E-state index contributed by atoms with van der Waals surface area (Å²) in [4.78, 5) is 18.3. The van der Waals surface area contributed by atoms with Gasteiger partial charge in [-0.15, -0.1) is 0 Å². The number of nitrogens with zero attached hydrogens (tertiary/aromatic N) is 3. The Hall–Kier alpha value is -2.67. The van der Waals surface area contributed by atoms with Crippen molar-refractivity contribution in [3.63, 3.8) is 0 Å². The molecule has 0 aliphatic carbocycles. The van der Waals surface area contributed by atoms with Crippen molar-refractivity contribution in [2.24, 2.45) is 5.92 Å². The van der Waals surface area contributed by atoms with Gasteiger partial charge in [0.2, 0.25) is 5.82 Å². The van der Waals surface area contributed by atoms with Crippen LogP contribution in [0, 0.1) is 5.92 Å². The first kappa shape index (κ1) is 19.6. The second kappa shape index (κ2) is 7.99. The van der Waals surface area contributed by atoms with E-state index >= 15 is 0 Å². The number of alkyl halides is 3. The fourth-order valence-corrected chi connectivity index (χ4v) is 3.98. The van der Waals surface area contributed by atoms with E-state index in [0.717, 1.165) is 12.8 Å². The fraction of sp³-hybridized carbons (Fsp3) is 0.364. The molecule has 0 amide bonds. The molecule has 0 radical (unpaired) electrons. The minimum atomic E-state index is -4.48. The van der Waals surface area contributed by atoms with Gasteiger partial charge in [-0.3, -0.25) is 9.69 Å². The number of benzene rings is 2. The summed E-state index contributed by atoms with van der Waals surface area (Å²) in [6.07, 6.45) is -2.97. The molecule has 0 atom stereocenters. The van der Waals surface area contributed by atoms with Gasteiger partial charge in [0.25, 0.3) is 0 Å². The summed E-state index contributed by atoms with van der Waals surface area (Å²) >= 11 is 0. The topological polar surface area (TPSA) is 38.1 Å². The molecule has 0 saturated carbocycles. The highest BCUT2D eigenvalue weighted by molar-refractivity contribution is 5.97. The van der Waals surface area contributed by atoms with Gasteiger partial charge in [0.1, 0.15) is 0 Å². The van der Waals surface area contributed by atoms with Gasteiger partial charge in [-0.25, -0.2) is 4.98 Å². The standard InChI is InChI=1S/C22H22F3N3O/c23-22(24,25)21-26-18-8-4-5-9-19(18)28(21)14-16-10-12-27(13-11-16)15-20(29)17-6-2-1-3-7-17/h1-9,16H,10-15H2. The number of imidazole rings is 1. The van der Waals surface area contributed by atoms with Gasteiger partial charge in [-0.05, 0) is 44.0 Å². The van der Waals surface area contributed by atoms with E-state index in [-0.39, 0.29) is 18.2 Å². The number of para-hydroxylation sites is 2. The van der Waals surface area contributed by atoms with E-state index in [0.29, 0.717) is 36.2 Å². The van der Waals surface area contributed by atoms with E-state index < -0.39 is 12.0 Å². The second-order valence-electron chi connectivity index (χ2n) is 7.54. The molecule has 1 aliphatic rings. The Morgan fingerprint density at radius 2 is 1.66 bits per heavy atom. The third-order valence-electron chi connectivity index (χ3n) is 5.52. The largest absolute Gasteiger partial charge is 0.449 e. The maximum Gasteiger partial charge on any atom is 0.449 e. The highest BCUT2D eigenvalue weighted by Gasteiger charge is 2.38. The number of Topliss-reactive ketones (excluding diaryl/α,β-unsaturated/α-hetero) is 1. The van der Waals surface area contributed by atoms with Crippen molar-refractivity contribution in [2.45, 2.75) is 25.6 Å². The minimum Gasteiger partial charge on any atom is -0.320 e. The fourth-order valence-electron chi connectivity index (χ4n) is 3.98. The van der Waals surface area contributed by atoms with Gasteiger partial charge in [0, 0.05) is 12.1 Å². The molecule has 1 aliphatic heterocycles. The van der Waals surface area contributed by atoms with E-state index in [1.54, 1.807) is 36.4 Å². The molecule has 0 unspecified atom stereocenters. The monoisotopic (exact) mass is 401 g/mol. The third kappa shape index (κ3) is 4.34. The summed E-state index contributed by atoms with van der Waals surface area (Å²) in [5.41, 5.74) is 1.57. The number of fused-ring (bicyclic) bond motifs is 1. The number of carbonyl (C=O) groups is 1. The summed E-state index contributed by atoms with van der Waals surface area (Å²) < 4.78 is 41.7. The SMILES string of the molecule is O=C(CN1CCC(Cn2c(C(F)(F)F)nc3ccccc32)CC1)c1ccccc1. The zero-order chi connectivity index (χ0) is 20.4. The van der Waals surface area contributed by atoms with Crippen molar-refractivity contribution in [1.82, 2.24) is 14.5 Å². The van der Waals surface area contributed by atoms with Crippen LogP contribution in [0.4, 0.5) is 13.2 Å². The first-order chi connectivity index (χ1) is 13.9. The highest BCUT2D eigenvalue weighted by atomic mass is 19.4. The maximum atomic E-state index is 13.5. The Kier molecular flexibility index (Phi) is 5.41. The van der Waals surface area contributed by atoms with Gasteiger partial charge in [-0.2, -0.15) is 13.2 Å². The lowest BCUT2D eigenvalue weighted by atomic mass is 9.96.